The summed E-state index contributed by atoms with van der Waals surface area (Å²) in [5, 5.41) is 6.10. The maximum absolute atomic E-state index is 12.3. The lowest BCUT2D eigenvalue weighted by Gasteiger charge is -2.14. The van der Waals surface area contributed by atoms with Crippen molar-refractivity contribution in [3.05, 3.63) is 23.9 Å². The molecule has 0 saturated carbocycles. The van der Waals surface area contributed by atoms with E-state index in [2.05, 4.69) is 20.6 Å². The Morgan fingerprint density at radius 2 is 2.04 bits per heavy atom. The van der Waals surface area contributed by atoms with Crippen LogP contribution in [-0.2, 0) is 16.0 Å². The Hall–Kier alpha value is -2.07. The van der Waals surface area contributed by atoms with Crippen LogP contribution >= 0.6 is 0 Å². The van der Waals surface area contributed by atoms with Gasteiger partial charge in [-0.25, -0.2) is 4.98 Å². The molecule has 0 amide bonds. The number of ether oxygens (including phenoxy) is 3. The number of nitrogens with one attached hydrogen (secondary N) is 2. The van der Waals surface area contributed by atoms with Crippen molar-refractivity contribution >= 4 is 5.96 Å². The van der Waals surface area contributed by atoms with Crippen molar-refractivity contribution in [3.8, 4) is 5.88 Å². The molecular formula is C16H25F3N4O3. The molecule has 0 spiro atoms. The first-order valence-corrected chi connectivity index (χ1v) is 8.11. The molecule has 10 heteroatoms. The number of aliphatic imine (C=N–C) groups is 1. The highest BCUT2D eigenvalue weighted by Gasteiger charge is 2.29. The van der Waals surface area contributed by atoms with Crippen molar-refractivity contribution < 1.29 is 27.4 Å². The summed E-state index contributed by atoms with van der Waals surface area (Å²) in [6, 6.07) is 3.27. The molecule has 0 aliphatic carbocycles. The van der Waals surface area contributed by atoms with Crippen LogP contribution in [0.5, 0.6) is 5.88 Å². The van der Waals surface area contributed by atoms with E-state index in [0.717, 1.165) is 6.42 Å². The van der Waals surface area contributed by atoms with Crippen LogP contribution in [0.4, 0.5) is 13.2 Å². The number of methoxy groups -OCH3 is 1. The van der Waals surface area contributed by atoms with Gasteiger partial charge in [0.15, 0.2) is 12.6 Å². The van der Waals surface area contributed by atoms with Crippen LogP contribution in [0.3, 0.4) is 0 Å². The van der Waals surface area contributed by atoms with Crippen molar-refractivity contribution in [2.45, 2.75) is 19.1 Å². The summed E-state index contributed by atoms with van der Waals surface area (Å²) >= 11 is 0. The van der Waals surface area contributed by atoms with Crippen LogP contribution in [0.15, 0.2) is 23.3 Å². The summed E-state index contributed by atoms with van der Waals surface area (Å²) in [6.45, 7) is 1.17. The summed E-state index contributed by atoms with van der Waals surface area (Å²) in [5.41, 5.74) is 0.502. The highest BCUT2D eigenvalue weighted by atomic mass is 19.4. The molecule has 0 aliphatic rings. The predicted octanol–water partition coefficient (Wildman–Crippen LogP) is 1.74. The summed E-state index contributed by atoms with van der Waals surface area (Å²) in [5.74, 6) is 0.465. The maximum Gasteiger partial charge on any atom is 0.422 e. The molecule has 0 bridgehead atoms. The Bertz CT molecular complexity index is 542. The summed E-state index contributed by atoms with van der Waals surface area (Å²) < 4.78 is 51.9. The first-order chi connectivity index (χ1) is 12.5. The van der Waals surface area contributed by atoms with Gasteiger partial charge in [0.25, 0.3) is 0 Å². The van der Waals surface area contributed by atoms with E-state index in [4.69, 9.17) is 14.2 Å². The Morgan fingerprint density at radius 3 is 2.73 bits per heavy atom. The third kappa shape index (κ3) is 10.0. The molecular weight excluding hydrogens is 353 g/mol. The standard InChI is InChI=1S/C16H25F3N4O3/c1-20-15(22-7-4-8-25-10-9-24-2)23-11-13-5-3-6-21-14(13)26-12-16(17,18)19/h3,5-6H,4,7-12H2,1-2H3,(H2,20,22,23). The monoisotopic (exact) mass is 378 g/mol. The topological polar surface area (TPSA) is 77.0 Å². The Kier molecular flexibility index (Phi) is 10.4. The molecule has 2 N–H and O–H groups in total. The quantitative estimate of drug-likeness (QED) is 0.347. The zero-order chi connectivity index (χ0) is 19.3. The number of halogens is 3. The van der Waals surface area contributed by atoms with E-state index in [-0.39, 0.29) is 12.4 Å². The Morgan fingerprint density at radius 1 is 1.23 bits per heavy atom. The minimum Gasteiger partial charge on any atom is -0.468 e. The summed E-state index contributed by atoms with van der Waals surface area (Å²) in [4.78, 5) is 7.90. The molecule has 0 saturated heterocycles. The number of pyridine rings is 1. The van der Waals surface area contributed by atoms with E-state index >= 15 is 0 Å². The van der Waals surface area contributed by atoms with Gasteiger partial charge in [-0.05, 0) is 12.5 Å². The van der Waals surface area contributed by atoms with Gasteiger partial charge < -0.3 is 24.8 Å². The van der Waals surface area contributed by atoms with E-state index in [1.54, 1.807) is 26.3 Å². The lowest BCUT2D eigenvalue weighted by Crippen LogP contribution is -2.37. The lowest BCUT2D eigenvalue weighted by atomic mass is 10.2. The van der Waals surface area contributed by atoms with Crippen LogP contribution in [0, 0.1) is 0 Å². The van der Waals surface area contributed by atoms with Crippen LogP contribution in [0.1, 0.15) is 12.0 Å². The number of alkyl halides is 3. The van der Waals surface area contributed by atoms with Gasteiger partial charge >= 0.3 is 6.18 Å². The molecule has 0 aliphatic heterocycles. The molecule has 1 aromatic rings. The molecule has 0 atom stereocenters. The Labute approximate surface area is 150 Å². The minimum atomic E-state index is -4.41. The number of hydrogen-bond donors (Lipinski definition) is 2. The second-order valence-corrected chi connectivity index (χ2v) is 5.18. The van der Waals surface area contributed by atoms with E-state index < -0.39 is 12.8 Å². The van der Waals surface area contributed by atoms with Gasteiger partial charge in [-0.15, -0.1) is 0 Å². The molecule has 0 radical (unpaired) electrons. The van der Waals surface area contributed by atoms with Gasteiger partial charge in [0.2, 0.25) is 5.88 Å². The zero-order valence-corrected chi connectivity index (χ0v) is 14.9. The molecule has 0 fully saturated rings. The van der Waals surface area contributed by atoms with Crippen LogP contribution in [0.2, 0.25) is 0 Å². The minimum absolute atomic E-state index is 0.0562. The number of aromatic nitrogens is 1. The van der Waals surface area contributed by atoms with Gasteiger partial charge in [0.05, 0.1) is 13.2 Å². The van der Waals surface area contributed by atoms with Gasteiger partial charge in [-0.2, -0.15) is 13.2 Å². The third-order valence-electron chi connectivity index (χ3n) is 3.08. The number of guanidine groups is 1. The molecule has 7 nitrogen and oxygen atoms in total. The van der Waals surface area contributed by atoms with E-state index in [0.29, 0.717) is 37.9 Å². The first kappa shape index (κ1) is 22.0. The van der Waals surface area contributed by atoms with Gasteiger partial charge in [0, 0.05) is 45.6 Å². The number of rotatable bonds is 11. The molecule has 26 heavy (non-hydrogen) atoms. The molecule has 148 valence electrons. The van der Waals surface area contributed by atoms with Crippen molar-refractivity contribution in [2.75, 3.05) is 47.1 Å². The number of nitrogens with zero attached hydrogens (tertiary/aromatic N) is 2. The Balaban J connectivity index is 2.37. The van der Waals surface area contributed by atoms with E-state index in [9.17, 15) is 13.2 Å². The second-order valence-electron chi connectivity index (χ2n) is 5.18. The normalized spacial score (nSPS) is 12.1. The highest BCUT2D eigenvalue weighted by Crippen LogP contribution is 2.19. The van der Waals surface area contributed by atoms with Crippen molar-refractivity contribution in [2.24, 2.45) is 4.99 Å². The molecule has 0 aromatic carbocycles. The number of hydrogen-bond acceptors (Lipinski definition) is 5. The zero-order valence-electron chi connectivity index (χ0n) is 14.9. The third-order valence-corrected chi connectivity index (χ3v) is 3.08. The van der Waals surface area contributed by atoms with E-state index in [1.807, 2.05) is 0 Å². The van der Waals surface area contributed by atoms with Crippen LogP contribution in [0.25, 0.3) is 0 Å². The molecule has 0 unspecified atom stereocenters. The van der Waals surface area contributed by atoms with Gasteiger partial charge in [0.1, 0.15) is 0 Å². The summed E-state index contributed by atoms with van der Waals surface area (Å²) in [6.07, 6.45) is -2.26. The van der Waals surface area contributed by atoms with Gasteiger partial charge in [-0.1, -0.05) is 6.07 Å². The predicted molar refractivity (Wildman–Crippen MR) is 91.3 cm³/mol. The first-order valence-electron chi connectivity index (χ1n) is 8.11. The van der Waals surface area contributed by atoms with Crippen molar-refractivity contribution in [3.63, 3.8) is 0 Å². The maximum atomic E-state index is 12.3. The average molecular weight is 378 g/mol. The van der Waals surface area contributed by atoms with Crippen LogP contribution in [-0.4, -0.2) is 64.2 Å². The molecule has 1 aromatic heterocycles. The fourth-order valence-electron chi connectivity index (χ4n) is 1.86. The second kappa shape index (κ2) is 12.3. The van der Waals surface area contributed by atoms with Crippen molar-refractivity contribution in [1.29, 1.82) is 0 Å². The van der Waals surface area contributed by atoms with Crippen LogP contribution < -0.4 is 15.4 Å². The highest BCUT2D eigenvalue weighted by molar-refractivity contribution is 5.79. The molecule has 1 heterocycles. The van der Waals surface area contributed by atoms with Crippen molar-refractivity contribution in [1.82, 2.24) is 15.6 Å². The largest absolute Gasteiger partial charge is 0.468 e. The van der Waals surface area contributed by atoms with Gasteiger partial charge in [-0.3, -0.25) is 4.99 Å². The lowest BCUT2D eigenvalue weighted by molar-refractivity contribution is -0.154. The fraction of sp³-hybridized carbons (Fsp3) is 0.625. The fourth-order valence-corrected chi connectivity index (χ4v) is 1.86. The van der Waals surface area contributed by atoms with E-state index in [1.165, 1.54) is 6.20 Å². The SMILES string of the molecule is CN=C(NCCCOCCOC)NCc1cccnc1OCC(F)(F)F. The average Bonchev–Trinajstić information content (AvgIpc) is 2.61. The summed E-state index contributed by atoms with van der Waals surface area (Å²) in [7, 11) is 3.22. The molecule has 1 rings (SSSR count). The smallest absolute Gasteiger partial charge is 0.422 e.